The van der Waals surface area contributed by atoms with E-state index in [9.17, 15) is 9.82 Å². The van der Waals surface area contributed by atoms with Gasteiger partial charge in [0.25, 0.3) is 5.97 Å². The van der Waals surface area contributed by atoms with Gasteiger partial charge in [0.15, 0.2) is 0 Å². The van der Waals surface area contributed by atoms with Gasteiger partial charge in [0.2, 0.25) is 5.91 Å². The van der Waals surface area contributed by atoms with Crippen molar-refractivity contribution in [1.29, 1.82) is 0 Å². The van der Waals surface area contributed by atoms with Crippen molar-refractivity contribution < 1.29 is 24.4 Å². The Bertz CT molecular complexity index is 378. The average Bonchev–Trinajstić information content (AvgIpc) is 2.64. The predicted molar refractivity (Wildman–Crippen MR) is 84.1 cm³/mol. The quantitative estimate of drug-likeness (QED) is 0.542. The number of carbonyl (C=O) groups excluding carboxylic acids is 1. The van der Waals surface area contributed by atoms with Crippen LogP contribution in [0.3, 0.4) is 0 Å². The molecule has 7 heteroatoms. The van der Waals surface area contributed by atoms with Crippen LogP contribution in [-0.4, -0.2) is 41.7 Å². The van der Waals surface area contributed by atoms with Gasteiger partial charge in [-0.05, 0) is 25.2 Å². The van der Waals surface area contributed by atoms with Crippen molar-refractivity contribution in [3.63, 3.8) is 0 Å². The molecule has 1 fully saturated rings. The highest BCUT2D eigenvalue weighted by atomic mass is 16.5. The van der Waals surface area contributed by atoms with Crippen LogP contribution in [0.2, 0.25) is 0 Å². The van der Waals surface area contributed by atoms with Gasteiger partial charge >= 0.3 is 7.12 Å². The Morgan fingerprint density at radius 3 is 2.55 bits per heavy atom. The first-order valence-electron chi connectivity index (χ1n) is 7.92. The summed E-state index contributed by atoms with van der Waals surface area (Å²) < 4.78 is 5.16. The maximum atomic E-state index is 11.9. The first kappa shape index (κ1) is 18.7. The van der Waals surface area contributed by atoms with Gasteiger partial charge < -0.3 is 20.1 Å². The minimum Gasteiger partial charge on any atom is -0.481 e. The third-order valence-corrected chi connectivity index (χ3v) is 3.81. The molecule has 1 aliphatic heterocycles. The summed E-state index contributed by atoms with van der Waals surface area (Å²) in [5, 5.41) is 20.0. The summed E-state index contributed by atoms with van der Waals surface area (Å²) in [4.78, 5) is 20.9. The maximum Gasteiger partial charge on any atom is 0.478 e. The molecular formula is C15H26BNO5. The van der Waals surface area contributed by atoms with E-state index in [-0.39, 0.29) is 11.8 Å². The fraction of sp³-hybridized carbons (Fsp3) is 0.733. The molecule has 0 aromatic rings. The Kier molecular flexibility index (Phi) is 8.85. The van der Waals surface area contributed by atoms with E-state index in [1.165, 1.54) is 19.3 Å². The van der Waals surface area contributed by atoms with Crippen LogP contribution in [0.15, 0.2) is 12.2 Å². The number of rotatable bonds is 3. The molecule has 0 spiro atoms. The van der Waals surface area contributed by atoms with Crippen LogP contribution in [0.25, 0.3) is 0 Å². The van der Waals surface area contributed by atoms with Crippen LogP contribution in [-0.2, 0) is 14.2 Å². The molecule has 1 unspecified atom stereocenters. The van der Waals surface area contributed by atoms with E-state index in [2.05, 4.69) is 5.32 Å². The van der Waals surface area contributed by atoms with E-state index in [0.717, 1.165) is 19.8 Å². The zero-order valence-corrected chi connectivity index (χ0v) is 13.2. The second-order valence-corrected chi connectivity index (χ2v) is 5.83. The normalized spacial score (nSPS) is 22.3. The highest BCUT2D eigenvalue weighted by Crippen LogP contribution is 2.26. The molecule has 1 aliphatic carbocycles. The third kappa shape index (κ3) is 8.19. The number of carboxylic acids is 1. The van der Waals surface area contributed by atoms with Crippen LogP contribution >= 0.6 is 0 Å². The lowest BCUT2D eigenvalue weighted by Gasteiger charge is -2.23. The summed E-state index contributed by atoms with van der Waals surface area (Å²) in [6, 6.07) is 0. The molecule has 0 aromatic carbocycles. The van der Waals surface area contributed by atoms with E-state index in [1.807, 2.05) is 12.2 Å². The Balaban J connectivity index is 0.000000541. The minimum atomic E-state index is -0.893. The van der Waals surface area contributed by atoms with Crippen LogP contribution in [0.1, 0.15) is 51.9 Å². The van der Waals surface area contributed by atoms with Gasteiger partial charge in [0.1, 0.15) is 0 Å². The molecule has 2 rings (SSSR count). The molecule has 0 radical (unpaired) electrons. The molecule has 0 aromatic heterocycles. The standard InChI is InChI=1S/C13H22BNO3.C2H4O2/c16-13(10-11-6-2-1-3-7-11)15-12-8-4-5-9-18-14(12)17;1-2(3)4/h4-5,11-12,17H,1-3,6-10H2,(H,15,16);1H3,(H,3,4). The number of hydrogen-bond donors (Lipinski definition) is 3. The molecule has 22 heavy (non-hydrogen) atoms. The van der Waals surface area contributed by atoms with Crippen molar-refractivity contribution in [3.8, 4) is 0 Å². The Labute approximate surface area is 132 Å². The summed E-state index contributed by atoms with van der Waals surface area (Å²) in [6.07, 6.45) is 11.2. The zero-order chi connectivity index (χ0) is 16.4. The lowest BCUT2D eigenvalue weighted by atomic mass is 9.77. The second kappa shape index (κ2) is 10.4. The van der Waals surface area contributed by atoms with Crippen LogP contribution in [0, 0.1) is 5.92 Å². The predicted octanol–water partition coefficient (Wildman–Crippen LogP) is 1.53. The first-order chi connectivity index (χ1) is 10.5. The fourth-order valence-electron chi connectivity index (χ4n) is 2.75. The number of nitrogens with one attached hydrogen (secondary N) is 1. The largest absolute Gasteiger partial charge is 0.481 e. The van der Waals surface area contributed by atoms with Crippen molar-refractivity contribution in [2.24, 2.45) is 5.92 Å². The van der Waals surface area contributed by atoms with Gasteiger partial charge in [0, 0.05) is 20.0 Å². The van der Waals surface area contributed by atoms with E-state index >= 15 is 0 Å². The average molecular weight is 311 g/mol. The molecule has 6 nitrogen and oxygen atoms in total. The van der Waals surface area contributed by atoms with Gasteiger partial charge in [-0.15, -0.1) is 0 Å². The first-order valence-corrected chi connectivity index (χ1v) is 7.92. The Hall–Kier alpha value is -1.34. The number of carboxylic acid groups (broad SMARTS) is 1. The topological polar surface area (TPSA) is 95.9 Å². The van der Waals surface area contributed by atoms with Crippen molar-refractivity contribution in [2.75, 3.05) is 6.61 Å². The number of aliphatic carboxylic acids is 1. The minimum absolute atomic E-state index is 0.0462. The van der Waals surface area contributed by atoms with E-state index in [0.29, 0.717) is 25.4 Å². The maximum absolute atomic E-state index is 11.9. The van der Waals surface area contributed by atoms with Crippen molar-refractivity contribution in [1.82, 2.24) is 5.32 Å². The summed E-state index contributed by atoms with van der Waals surface area (Å²) in [5.74, 6) is -0.567. The van der Waals surface area contributed by atoms with Gasteiger partial charge in [0.05, 0.1) is 5.94 Å². The fourth-order valence-corrected chi connectivity index (χ4v) is 2.75. The SMILES string of the molecule is CC(=O)O.O=C(CC1CCCCC1)NC1CC=CCOB1O. The van der Waals surface area contributed by atoms with Crippen molar-refractivity contribution in [3.05, 3.63) is 12.2 Å². The summed E-state index contributed by atoms with van der Waals surface area (Å²) >= 11 is 0. The molecule has 0 saturated heterocycles. The van der Waals surface area contributed by atoms with E-state index in [1.54, 1.807) is 0 Å². The monoisotopic (exact) mass is 311 g/mol. The summed E-state index contributed by atoms with van der Waals surface area (Å²) in [5.41, 5.74) is 0. The lowest BCUT2D eigenvalue weighted by molar-refractivity contribution is -0.134. The smallest absolute Gasteiger partial charge is 0.478 e. The Morgan fingerprint density at radius 2 is 1.91 bits per heavy atom. The van der Waals surface area contributed by atoms with Gasteiger partial charge in [-0.3, -0.25) is 9.59 Å². The molecular weight excluding hydrogens is 285 g/mol. The van der Waals surface area contributed by atoms with Gasteiger partial charge in [-0.2, -0.15) is 0 Å². The molecule has 124 valence electrons. The van der Waals surface area contributed by atoms with Crippen LogP contribution in [0.5, 0.6) is 0 Å². The molecule has 2 aliphatic rings. The molecule has 1 saturated carbocycles. The number of amides is 1. The highest BCUT2D eigenvalue weighted by molar-refractivity contribution is 6.45. The second-order valence-electron chi connectivity index (χ2n) is 5.83. The van der Waals surface area contributed by atoms with Crippen LogP contribution < -0.4 is 5.32 Å². The summed E-state index contributed by atoms with van der Waals surface area (Å²) in [6.45, 7) is 1.50. The molecule has 1 heterocycles. The van der Waals surface area contributed by atoms with Crippen molar-refractivity contribution >= 4 is 19.0 Å². The van der Waals surface area contributed by atoms with E-state index < -0.39 is 13.1 Å². The number of carbonyl (C=O) groups is 2. The van der Waals surface area contributed by atoms with Crippen molar-refractivity contribution in [2.45, 2.75) is 57.8 Å². The van der Waals surface area contributed by atoms with Gasteiger partial charge in [-0.25, -0.2) is 0 Å². The number of hydrogen-bond acceptors (Lipinski definition) is 4. The molecule has 1 amide bonds. The molecule has 0 bridgehead atoms. The van der Waals surface area contributed by atoms with E-state index in [4.69, 9.17) is 14.6 Å². The third-order valence-electron chi connectivity index (χ3n) is 3.81. The Morgan fingerprint density at radius 1 is 1.27 bits per heavy atom. The molecule has 3 N–H and O–H groups in total. The highest BCUT2D eigenvalue weighted by Gasteiger charge is 2.29. The molecule has 1 atom stereocenters. The van der Waals surface area contributed by atoms with Gasteiger partial charge in [-0.1, -0.05) is 31.4 Å². The lowest BCUT2D eigenvalue weighted by Crippen LogP contribution is -2.47. The summed E-state index contributed by atoms with van der Waals surface area (Å²) in [7, 11) is -0.893. The zero-order valence-electron chi connectivity index (χ0n) is 13.2. The van der Waals surface area contributed by atoms with Crippen LogP contribution in [0.4, 0.5) is 0 Å².